The second kappa shape index (κ2) is 6.05. The number of benzene rings is 1. The van der Waals surface area contributed by atoms with Gasteiger partial charge in [-0.3, -0.25) is 0 Å². The van der Waals surface area contributed by atoms with E-state index in [1.807, 2.05) is 14.0 Å². The quantitative estimate of drug-likeness (QED) is 0.831. The van der Waals surface area contributed by atoms with Crippen LogP contribution in [0.15, 0.2) is 24.3 Å². The first-order chi connectivity index (χ1) is 8.00. The first kappa shape index (κ1) is 14.0. The third-order valence-corrected chi connectivity index (χ3v) is 2.94. The molecule has 17 heavy (non-hydrogen) atoms. The van der Waals surface area contributed by atoms with Gasteiger partial charge >= 0.3 is 6.18 Å². The lowest BCUT2D eigenvalue weighted by molar-refractivity contribution is -0.138. The minimum atomic E-state index is -4.26. The monoisotopic (exact) mass is 245 g/mol. The van der Waals surface area contributed by atoms with Crippen LogP contribution in [0.5, 0.6) is 0 Å². The Hall–Kier alpha value is -1.03. The number of halogens is 3. The molecule has 0 aromatic heterocycles. The van der Waals surface area contributed by atoms with Crippen LogP contribution in [-0.4, -0.2) is 13.6 Å². The fraction of sp³-hybridized carbons (Fsp3) is 0.538. The van der Waals surface area contributed by atoms with Crippen molar-refractivity contribution in [1.82, 2.24) is 5.32 Å². The summed E-state index contributed by atoms with van der Waals surface area (Å²) in [6.07, 6.45) is -2.82. The fourth-order valence-corrected chi connectivity index (χ4v) is 2.01. The van der Waals surface area contributed by atoms with Gasteiger partial charge in [-0.15, -0.1) is 0 Å². The maximum absolute atomic E-state index is 12.9. The smallest absolute Gasteiger partial charge is 0.320 e. The van der Waals surface area contributed by atoms with E-state index in [0.29, 0.717) is 5.56 Å². The van der Waals surface area contributed by atoms with Crippen LogP contribution in [0.1, 0.15) is 36.8 Å². The molecule has 4 heteroatoms. The summed E-state index contributed by atoms with van der Waals surface area (Å²) >= 11 is 0. The first-order valence-corrected chi connectivity index (χ1v) is 5.81. The molecule has 0 radical (unpaired) electrons. The third kappa shape index (κ3) is 3.73. The van der Waals surface area contributed by atoms with Gasteiger partial charge in [-0.2, -0.15) is 13.2 Å². The fourth-order valence-electron chi connectivity index (χ4n) is 2.01. The molecule has 96 valence electrons. The van der Waals surface area contributed by atoms with Crippen molar-refractivity contribution in [3.8, 4) is 0 Å². The van der Waals surface area contributed by atoms with E-state index >= 15 is 0 Å². The molecule has 0 amide bonds. The molecule has 1 aromatic rings. The summed E-state index contributed by atoms with van der Waals surface area (Å²) in [5, 5.41) is 2.98. The average molecular weight is 245 g/mol. The Morgan fingerprint density at radius 1 is 1.24 bits per heavy atom. The number of rotatable bonds is 5. The van der Waals surface area contributed by atoms with Crippen molar-refractivity contribution in [3.63, 3.8) is 0 Å². The Labute approximate surface area is 100 Å². The Bertz CT molecular complexity index is 347. The van der Waals surface area contributed by atoms with Crippen LogP contribution in [0.2, 0.25) is 0 Å². The van der Waals surface area contributed by atoms with Crippen molar-refractivity contribution < 1.29 is 13.2 Å². The predicted octanol–water partition coefficient (Wildman–Crippen LogP) is 3.81. The van der Waals surface area contributed by atoms with Gasteiger partial charge in [0.05, 0.1) is 5.56 Å². The van der Waals surface area contributed by atoms with E-state index in [1.54, 1.807) is 12.1 Å². The van der Waals surface area contributed by atoms with Gasteiger partial charge in [0, 0.05) is 0 Å². The van der Waals surface area contributed by atoms with Gasteiger partial charge in [-0.25, -0.2) is 0 Å². The van der Waals surface area contributed by atoms with Crippen LogP contribution in [0, 0.1) is 0 Å². The number of nitrogens with one attached hydrogen (secondary N) is 1. The van der Waals surface area contributed by atoms with Crippen molar-refractivity contribution in [2.75, 3.05) is 13.6 Å². The Balaban J connectivity index is 3.02. The molecule has 1 N–H and O–H groups in total. The Morgan fingerprint density at radius 2 is 1.88 bits per heavy atom. The highest BCUT2D eigenvalue weighted by molar-refractivity contribution is 5.32. The maximum Gasteiger partial charge on any atom is 0.416 e. The normalized spacial score (nSPS) is 13.7. The van der Waals surface area contributed by atoms with Crippen LogP contribution in [0.3, 0.4) is 0 Å². The van der Waals surface area contributed by atoms with Crippen LogP contribution >= 0.6 is 0 Å². The number of hydrogen-bond donors (Lipinski definition) is 1. The van der Waals surface area contributed by atoms with Gasteiger partial charge in [0.25, 0.3) is 0 Å². The summed E-state index contributed by atoms with van der Waals surface area (Å²) in [7, 11) is 1.81. The van der Waals surface area contributed by atoms with Gasteiger partial charge < -0.3 is 5.32 Å². The predicted molar refractivity (Wildman–Crippen MR) is 63.0 cm³/mol. The summed E-state index contributed by atoms with van der Waals surface area (Å²) < 4.78 is 38.6. The lowest BCUT2D eigenvalue weighted by atomic mass is 9.89. The van der Waals surface area contributed by atoms with E-state index in [4.69, 9.17) is 0 Å². The largest absolute Gasteiger partial charge is 0.416 e. The van der Waals surface area contributed by atoms with Crippen molar-refractivity contribution in [2.24, 2.45) is 0 Å². The van der Waals surface area contributed by atoms with Gasteiger partial charge in [0.1, 0.15) is 0 Å². The van der Waals surface area contributed by atoms with Crippen molar-refractivity contribution in [1.29, 1.82) is 0 Å². The van der Waals surface area contributed by atoms with Crippen LogP contribution in [0.25, 0.3) is 0 Å². The zero-order chi connectivity index (χ0) is 12.9. The molecule has 0 aliphatic heterocycles. The lowest BCUT2D eigenvalue weighted by Gasteiger charge is -2.20. The van der Waals surface area contributed by atoms with Crippen molar-refractivity contribution >= 4 is 0 Å². The molecule has 0 spiro atoms. The standard InChI is InChI=1S/C13H18F3N/c1-3-10(8-9-17-2)11-6-4-5-7-12(11)13(14,15)16/h4-7,10,17H,3,8-9H2,1-2H3. The molecule has 0 saturated carbocycles. The molecular weight excluding hydrogens is 227 g/mol. The minimum Gasteiger partial charge on any atom is -0.320 e. The molecule has 1 nitrogen and oxygen atoms in total. The number of hydrogen-bond acceptors (Lipinski definition) is 1. The summed E-state index contributed by atoms with van der Waals surface area (Å²) in [6, 6.07) is 5.87. The van der Waals surface area contributed by atoms with E-state index in [9.17, 15) is 13.2 Å². The molecular formula is C13H18F3N. The highest BCUT2D eigenvalue weighted by Crippen LogP contribution is 2.36. The zero-order valence-corrected chi connectivity index (χ0v) is 10.1. The van der Waals surface area contributed by atoms with E-state index in [1.165, 1.54) is 6.07 Å². The average Bonchev–Trinajstić information content (AvgIpc) is 2.29. The van der Waals surface area contributed by atoms with Gasteiger partial charge in [-0.05, 0) is 44.0 Å². The van der Waals surface area contributed by atoms with Crippen LogP contribution < -0.4 is 5.32 Å². The second-order valence-electron chi connectivity index (χ2n) is 4.08. The first-order valence-electron chi connectivity index (χ1n) is 5.81. The molecule has 1 atom stereocenters. The minimum absolute atomic E-state index is 0.0414. The maximum atomic E-state index is 12.9. The van der Waals surface area contributed by atoms with Crippen molar-refractivity contribution in [3.05, 3.63) is 35.4 Å². The van der Waals surface area contributed by atoms with Crippen molar-refractivity contribution in [2.45, 2.75) is 31.9 Å². The molecule has 1 rings (SSSR count). The third-order valence-electron chi connectivity index (χ3n) is 2.94. The Kier molecular flexibility index (Phi) is 5.00. The van der Waals surface area contributed by atoms with E-state index < -0.39 is 11.7 Å². The van der Waals surface area contributed by atoms with Gasteiger partial charge in [0.2, 0.25) is 0 Å². The molecule has 0 aliphatic rings. The van der Waals surface area contributed by atoms with Crippen LogP contribution in [0.4, 0.5) is 13.2 Å². The highest BCUT2D eigenvalue weighted by atomic mass is 19.4. The number of alkyl halides is 3. The summed E-state index contributed by atoms with van der Waals surface area (Å²) in [6.45, 7) is 2.65. The molecule has 0 fully saturated rings. The Morgan fingerprint density at radius 3 is 2.41 bits per heavy atom. The van der Waals surface area contributed by atoms with E-state index in [2.05, 4.69) is 5.32 Å². The molecule has 1 aromatic carbocycles. The molecule has 0 heterocycles. The molecule has 0 saturated heterocycles. The van der Waals surface area contributed by atoms with E-state index in [-0.39, 0.29) is 5.92 Å². The molecule has 1 unspecified atom stereocenters. The molecule has 0 bridgehead atoms. The SMILES string of the molecule is CCC(CCNC)c1ccccc1C(F)(F)F. The van der Waals surface area contributed by atoms with Gasteiger partial charge in [0.15, 0.2) is 0 Å². The van der Waals surface area contributed by atoms with E-state index in [0.717, 1.165) is 25.5 Å². The summed E-state index contributed by atoms with van der Waals surface area (Å²) in [5.41, 5.74) is -0.0827. The molecule has 0 aliphatic carbocycles. The highest BCUT2D eigenvalue weighted by Gasteiger charge is 2.34. The topological polar surface area (TPSA) is 12.0 Å². The summed E-state index contributed by atoms with van der Waals surface area (Å²) in [5.74, 6) is -0.0414. The summed E-state index contributed by atoms with van der Waals surface area (Å²) in [4.78, 5) is 0. The lowest BCUT2D eigenvalue weighted by Crippen LogP contribution is -2.16. The zero-order valence-electron chi connectivity index (χ0n) is 10.1. The second-order valence-corrected chi connectivity index (χ2v) is 4.08. The van der Waals surface area contributed by atoms with Crippen LogP contribution in [-0.2, 0) is 6.18 Å². The van der Waals surface area contributed by atoms with Gasteiger partial charge in [-0.1, -0.05) is 25.1 Å².